The number of benzene rings is 1. The Labute approximate surface area is 119 Å². The first-order valence-electron chi connectivity index (χ1n) is 7.91. The lowest BCUT2D eigenvalue weighted by Crippen LogP contribution is -2.07. The van der Waals surface area contributed by atoms with Gasteiger partial charge in [-0.15, -0.1) is 0 Å². The summed E-state index contributed by atoms with van der Waals surface area (Å²) in [6, 6.07) is 10.1. The maximum absolute atomic E-state index is 9.92. The molecule has 1 radical (unpaired) electrons. The molecule has 1 N–H and O–H groups in total. The quantitative estimate of drug-likeness (QED) is 0.547. The zero-order valence-corrected chi connectivity index (χ0v) is 12.4. The van der Waals surface area contributed by atoms with Crippen molar-refractivity contribution in [1.82, 2.24) is 0 Å². The van der Waals surface area contributed by atoms with E-state index in [1.54, 1.807) is 0 Å². The molecule has 0 saturated carbocycles. The Morgan fingerprint density at radius 2 is 1.47 bits per heavy atom. The number of hydrogen-bond donors (Lipinski definition) is 1. The van der Waals surface area contributed by atoms with Crippen LogP contribution in [-0.2, 0) is 0 Å². The van der Waals surface area contributed by atoms with E-state index in [9.17, 15) is 5.11 Å². The predicted octanol–water partition coefficient (Wildman–Crippen LogP) is 5.13. The molecule has 0 spiro atoms. The van der Waals surface area contributed by atoms with Crippen molar-refractivity contribution in [3.05, 3.63) is 42.3 Å². The lowest BCUT2D eigenvalue weighted by atomic mass is 10.0. The van der Waals surface area contributed by atoms with Crippen LogP contribution >= 0.6 is 0 Å². The first-order chi connectivity index (χ1) is 9.33. The van der Waals surface area contributed by atoms with E-state index in [-0.39, 0.29) is 6.10 Å². The molecule has 19 heavy (non-hydrogen) atoms. The van der Waals surface area contributed by atoms with Crippen molar-refractivity contribution < 1.29 is 5.11 Å². The van der Waals surface area contributed by atoms with E-state index in [2.05, 4.69) is 6.92 Å². The predicted molar refractivity (Wildman–Crippen MR) is 83.1 cm³/mol. The van der Waals surface area contributed by atoms with Gasteiger partial charge in [0.15, 0.2) is 0 Å². The molecule has 107 valence electrons. The monoisotopic (exact) mass is 261 g/mol. The number of rotatable bonds is 11. The SMILES string of the molecule is CCCCCCCCCCC(O)[CH]c1ccccc1. The maximum atomic E-state index is 9.92. The summed E-state index contributed by atoms with van der Waals surface area (Å²) < 4.78 is 0. The summed E-state index contributed by atoms with van der Waals surface area (Å²) in [5.41, 5.74) is 1.12. The molecule has 0 heterocycles. The van der Waals surface area contributed by atoms with Crippen LogP contribution < -0.4 is 0 Å². The Bertz CT molecular complexity index is 294. The molecule has 1 unspecified atom stereocenters. The molecule has 0 fully saturated rings. The molecule has 0 aromatic heterocycles. The van der Waals surface area contributed by atoms with Gasteiger partial charge >= 0.3 is 0 Å². The summed E-state index contributed by atoms with van der Waals surface area (Å²) in [5, 5.41) is 9.92. The second-order valence-electron chi connectivity index (χ2n) is 5.41. The third kappa shape index (κ3) is 8.83. The molecule has 0 aliphatic carbocycles. The van der Waals surface area contributed by atoms with Crippen LogP contribution in [-0.4, -0.2) is 11.2 Å². The zero-order valence-electron chi connectivity index (χ0n) is 12.4. The number of hydrogen-bond acceptors (Lipinski definition) is 1. The van der Waals surface area contributed by atoms with E-state index in [0.29, 0.717) is 0 Å². The van der Waals surface area contributed by atoms with Gasteiger partial charge in [0, 0.05) is 6.42 Å². The fourth-order valence-corrected chi connectivity index (χ4v) is 2.36. The van der Waals surface area contributed by atoms with Crippen LogP contribution in [0.5, 0.6) is 0 Å². The Balaban J connectivity index is 1.94. The molecule has 1 nitrogen and oxygen atoms in total. The molecule has 1 rings (SSSR count). The maximum Gasteiger partial charge on any atom is 0.0615 e. The Hall–Kier alpha value is -0.820. The van der Waals surface area contributed by atoms with Gasteiger partial charge in [-0.1, -0.05) is 88.6 Å². The molecule has 0 amide bonds. The molecule has 1 aromatic carbocycles. The molecule has 1 atom stereocenters. The van der Waals surface area contributed by atoms with E-state index < -0.39 is 0 Å². The minimum Gasteiger partial charge on any atom is -0.392 e. The summed E-state index contributed by atoms with van der Waals surface area (Å²) in [6.45, 7) is 2.25. The van der Waals surface area contributed by atoms with Crippen molar-refractivity contribution in [3.63, 3.8) is 0 Å². The van der Waals surface area contributed by atoms with Gasteiger partial charge in [-0.25, -0.2) is 0 Å². The van der Waals surface area contributed by atoms with Gasteiger partial charge in [-0.2, -0.15) is 0 Å². The average molecular weight is 261 g/mol. The average Bonchev–Trinajstić information content (AvgIpc) is 2.43. The van der Waals surface area contributed by atoms with E-state index in [1.807, 2.05) is 36.8 Å². The van der Waals surface area contributed by atoms with Crippen LogP contribution in [0.2, 0.25) is 0 Å². The highest BCUT2D eigenvalue weighted by Gasteiger charge is 2.05. The normalized spacial score (nSPS) is 12.5. The van der Waals surface area contributed by atoms with E-state index >= 15 is 0 Å². The van der Waals surface area contributed by atoms with E-state index in [1.165, 1.54) is 44.9 Å². The van der Waals surface area contributed by atoms with Crippen molar-refractivity contribution in [2.75, 3.05) is 0 Å². The Morgan fingerprint density at radius 1 is 0.895 bits per heavy atom. The minimum absolute atomic E-state index is 0.289. The second kappa shape index (κ2) is 11.0. The van der Waals surface area contributed by atoms with Gasteiger partial charge in [0.1, 0.15) is 0 Å². The standard InChI is InChI=1S/C18H29O/c1-2-3-4-5-6-7-8-12-15-18(19)16-17-13-10-9-11-14-17/h9-11,13-14,16,18-19H,2-8,12,15H2,1H3. The minimum atomic E-state index is -0.289. The third-order valence-electron chi connectivity index (χ3n) is 3.54. The first-order valence-corrected chi connectivity index (χ1v) is 7.91. The molecule has 0 saturated heterocycles. The van der Waals surface area contributed by atoms with Crippen LogP contribution in [0.1, 0.15) is 70.3 Å². The first kappa shape index (κ1) is 16.2. The van der Waals surface area contributed by atoms with Crippen LogP contribution in [0.25, 0.3) is 0 Å². The van der Waals surface area contributed by atoms with Crippen molar-refractivity contribution in [1.29, 1.82) is 0 Å². The van der Waals surface area contributed by atoms with Gasteiger partial charge in [-0.05, 0) is 12.0 Å². The van der Waals surface area contributed by atoms with Gasteiger partial charge in [0.2, 0.25) is 0 Å². The molecular weight excluding hydrogens is 232 g/mol. The fraction of sp³-hybridized carbons (Fsp3) is 0.611. The van der Waals surface area contributed by atoms with Gasteiger partial charge in [0.05, 0.1) is 6.10 Å². The summed E-state index contributed by atoms with van der Waals surface area (Å²) in [4.78, 5) is 0. The van der Waals surface area contributed by atoms with Crippen molar-refractivity contribution in [2.45, 2.75) is 70.8 Å². The summed E-state index contributed by atoms with van der Waals surface area (Å²) in [6.07, 6.45) is 13.1. The second-order valence-corrected chi connectivity index (χ2v) is 5.41. The third-order valence-corrected chi connectivity index (χ3v) is 3.54. The van der Waals surface area contributed by atoms with Gasteiger partial charge in [-0.3, -0.25) is 0 Å². The highest BCUT2D eigenvalue weighted by molar-refractivity contribution is 5.23. The molecule has 1 aromatic rings. The number of aliphatic hydroxyl groups is 1. The van der Waals surface area contributed by atoms with Crippen molar-refractivity contribution in [3.8, 4) is 0 Å². The van der Waals surface area contributed by atoms with Gasteiger partial charge in [0.25, 0.3) is 0 Å². The summed E-state index contributed by atoms with van der Waals surface area (Å²) in [5.74, 6) is 0. The lowest BCUT2D eigenvalue weighted by Gasteiger charge is -2.10. The highest BCUT2D eigenvalue weighted by Crippen LogP contribution is 2.13. The fourth-order valence-electron chi connectivity index (χ4n) is 2.36. The Morgan fingerprint density at radius 3 is 2.11 bits per heavy atom. The molecule has 0 aliphatic heterocycles. The van der Waals surface area contributed by atoms with Crippen molar-refractivity contribution in [2.24, 2.45) is 0 Å². The lowest BCUT2D eigenvalue weighted by molar-refractivity contribution is 0.195. The highest BCUT2D eigenvalue weighted by atomic mass is 16.3. The van der Waals surface area contributed by atoms with Crippen LogP contribution in [0.15, 0.2) is 30.3 Å². The molecular formula is C18H29O. The van der Waals surface area contributed by atoms with Crippen molar-refractivity contribution >= 4 is 0 Å². The summed E-state index contributed by atoms with van der Waals surface area (Å²) >= 11 is 0. The largest absolute Gasteiger partial charge is 0.392 e. The molecule has 0 bridgehead atoms. The van der Waals surface area contributed by atoms with Crippen LogP contribution in [0, 0.1) is 6.42 Å². The van der Waals surface area contributed by atoms with E-state index in [4.69, 9.17) is 0 Å². The summed E-state index contributed by atoms with van der Waals surface area (Å²) in [7, 11) is 0. The van der Waals surface area contributed by atoms with E-state index in [0.717, 1.165) is 18.4 Å². The topological polar surface area (TPSA) is 20.2 Å². The van der Waals surface area contributed by atoms with Crippen LogP contribution in [0.3, 0.4) is 0 Å². The zero-order chi connectivity index (χ0) is 13.8. The Kier molecular flexibility index (Phi) is 9.44. The number of unbranched alkanes of at least 4 members (excludes halogenated alkanes) is 7. The smallest absolute Gasteiger partial charge is 0.0615 e. The molecule has 1 heteroatoms. The number of aliphatic hydroxyl groups excluding tert-OH is 1. The van der Waals surface area contributed by atoms with Gasteiger partial charge < -0.3 is 5.11 Å². The molecule has 0 aliphatic rings. The van der Waals surface area contributed by atoms with Crippen LogP contribution in [0.4, 0.5) is 0 Å².